The summed E-state index contributed by atoms with van der Waals surface area (Å²) in [5, 5.41) is 2.73. The van der Waals surface area contributed by atoms with Gasteiger partial charge in [0.05, 0.1) is 18.5 Å². The summed E-state index contributed by atoms with van der Waals surface area (Å²) in [5.41, 5.74) is 1.15. The second kappa shape index (κ2) is 7.25. The first-order valence-corrected chi connectivity index (χ1v) is 7.60. The van der Waals surface area contributed by atoms with Gasteiger partial charge >= 0.3 is 12.2 Å². The molecule has 134 valence electrons. The number of aryl methyl sites for hydroxylation is 1. The number of nitrogens with one attached hydrogen (secondary N) is 1. The number of aromatic nitrogens is 1. The number of urea groups is 1. The molecule has 0 unspecified atom stereocenters. The molecule has 0 spiro atoms. The number of rotatable bonds is 3. The van der Waals surface area contributed by atoms with E-state index in [0.29, 0.717) is 17.3 Å². The summed E-state index contributed by atoms with van der Waals surface area (Å²) in [5.74, 6) is 0.445. The van der Waals surface area contributed by atoms with Crippen molar-refractivity contribution in [3.63, 3.8) is 0 Å². The lowest BCUT2D eigenvalue weighted by molar-refractivity contribution is -0.181. The van der Waals surface area contributed by atoms with Gasteiger partial charge in [-0.1, -0.05) is 0 Å². The normalized spacial score (nSPS) is 17.5. The Morgan fingerprint density at radius 3 is 2.42 bits per heavy atom. The molecule has 1 aromatic rings. The van der Waals surface area contributed by atoms with Gasteiger partial charge < -0.3 is 15.0 Å². The summed E-state index contributed by atoms with van der Waals surface area (Å²) in [4.78, 5) is 19.3. The van der Waals surface area contributed by atoms with Gasteiger partial charge in [0.15, 0.2) is 0 Å². The van der Waals surface area contributed by atoms with Gasteiger partial charge in [-0.05, 0) is 19.9 Å². The lowest BCUT2D eigenvalue weighted by Crippen LogP contribution is -2.55. The molecule has 0 bridgehead atoms. The Morgan fingerprint density at radius 2 is 1.92 bits per heavy atom. The molecule has 0 radical (unpaired) electrons. The molecule has 1 aliphatic rings. The maximum absolute atomic E-state index is 12.7. The number of ether oxygens (including phenoxy) is 1. The number of hydrogen-bond donors (Lipinski definition) is 1. The highest BCUT2D eigenvalue weighted by Gasteiger charge is 2.41. The molecule has 6 nitrogen and oxygen atoms in total. The number of hydrogen-bond acceptors (Lipinski definition) is 4. The van der Waals surface area contributed by atoms with Gasteiger partial charge in [0.25, 0.3) is 0 Å². The van der Waals surface area contributed by atoms with Crippen LogP contribution in [0, 0.1) is 6.92 Å². The first-order valence-electron chi connectivity index (χ1n) is 7.60. The molecule has 9 heteroatoms. The minimum absolute atomic E-state index is 0.188. The van der Waals surface area contributed by atoms with Crippen molar-refractivity contribution in [1.82, 2.24) is 14.8 Å². The molecule has 1 N–H and O–H groups in total. The number of nitrogens with zero attached hydrogens (tertiary/aromatic N) is 3. The molecule has 1 saturated heterocycles. The van der Waals surface area contributed by atoms with E-state index in [4.69, 9.17) is 4.74 Å². The Bertz CT molecular complexity index is 587. The highest BCUT2D eigenvalue weighted by molar-refractivity contribution is 5.90. The van der Waals surface area contributed by atoms with Crippen molar-refractivity contribution in [2.75, 3.05) is 38.6 Å². The van der Waals surface area contributed by atoms with E-state index in [-0.39, 0.29) is 32.2 Å². The van der Waals surface area contributed by atoms with Crippen LogP contribution >= 0.6 is 0 Å². The summed E-state index contributed by atoms with van der Waals surface area (Å²) in [6.45, 7) is 3.74. The van der Waals surface area contributed by atoms with Crippen LogP contribution in [0.5, 0.6) is 5.88 Å². The molecule has 2 rings (SSSR count). The Labute approximate surface area is 138 Å². The molecule has 1 atom stereocenters. The molecule has 1 aliphatic heterocycles. The first-order chi connectivity index (χ1) is 11.2. The quantitative estimate of drug-likeness (QED) is 0.914. The maximum atomic E-state index is 12.7. The number of anilines is 1. The van der Waals surface area contributed by atoms with Crippen LogP contribution in [-0.2, 0) is 0 Å². The molecule has 2 amide bonds. The summed E-state index contributed by atoms with van der Waals surface area (Å²) in [6, 6.07) is 1.47. The van der Waals surface area contributed by atoms with Crippen LogP contribution < -0.4 is 10.1 Å². The fraction of sp³-hybridized carbons (Fsp3) is 0.600. The number of amides is 2. The maximum Gasteiger partial charge on any atom is 0.403 e. The average Bonchev–Trinajstić information content (AvgIpc) is 2.55. The van der Waals surface area contributed by atoms with Gasteiger partial charge in [-0.15, -0.1) is 0 Å². The predicted octanol–water partition coefficient (Wildman–Crippen LogP) is 2.50. The van der Waals surface area contributed by atoms with Crippen LogP contribution in [0.1, 0.15) is 12.6 Å². The lowest BCUT2D eigenvalue weighted by Gasteiger charge is -2.38. The number of pyridine rings is 1. The average molecular weight is 346 g/mol. The fourth-order valence-corrected chi connectivity index (χ4v) is 2.50. The van der Waals surface area contributed by atoms with Gasteiger partial charge in [-0.2, -0.15) is 13.2 Å². The van der Waals surface area contributed by atoms with Crippen molar-refractivity contribution < 1.29 is 22.7 Å². The smallest absolute Gasteiger partial charge is 0.403 e. The van der Waals surface area contributed by atoms with Gasteiger partial charge in [-0.25, -0.2) is 9.78 Å². The highest BCUT2D eigenvalue weighted by Crippen LogP contribution is 2.25. The Balaban J connectivity index is 1.91. The van der Waals surface area contributed by atoms with Crippen LogP contribution in [0.25, 0.3) is 0 Å². The fourth-order valence-electron chi connectivity index (χ4n) is 2.50. The third-order valence-electron chi connectivity index (χ3n) is 4.13. The zero-order valence-corrected chi connectivity index (χ0v) is 13.9. The second-order valence-corrected chi connectivity index (χ2v) is 5.66. The summed E-state index contributed by atoms with van der Waals surface area (Å²) >= 11 is 0. The van der Waals surface area contributed by atoms with Crippen molar-refractivity contribution in [2.24, 2.45) is 0 Å². The number of carbonyl (C=O) groups excluding carboxylic acids is 1. The predicted molar refractivity (Wildman–Crippen MR) is 83.2 cm³/mol. The van der Waals surface area contributed by atoms with Crippen molar-refractivity contribution in [3.05, 3.63) is 17.8 Å². The largest absolute Gasteiger partial charge is 0.481 e. The zero-order chi connectivity index (χ0) is 17.9. The second-order valence-electron chi connectivity index (χ2n) is 5.66. The topological polar surface area (TPSA) is 57.7 Å². The van der Waals surface area contributed by atoms with E-state index in [0.717, 1.165) is 6.92 Å². The molecule has 0 aromatic carbocycles. The minimum Gasteiger partial charge on any atom is -0.481 e. The van der Waals surface area contributed by atoms with E-state index in [2.05, 4.69) is 10.3 Å². The van der Waals surface area contributed by atoms with Crippen molar-refractivity contribution >= 4 is 11.7 Å². The molecule has 2 heterocycles. The molecule has 0 saturated carbocycles. The Hall–Kier alpha value is -2.03. The number of carbonyl (C=O) groups is 1. The van der Waals surface area contributed by atoms with Crippen molar-refractivity contribution in [2.45, 2.75) is 26.1 Å². The van der Waals surface area contributed by atoms with E-state index >= 15 is 0 Å². The van der Waals surface area contributed by atoms with Crippen LogP contribution in [0.3, 0.4) is 0 Å². The molecular formula is C15H21F3N4O2. The van der Waals surface area contributed by atoms with E-state index in [1.807, 2.05) is 0 Å². The minimum atomic E-state index is -4.25. The Kier molecular flexibility index (Phi) is 5.53. The molecule has 24 heavy (non-hydrogen) atoms. The van der Waals surface area contributed by atoms with E-state index in [9.17, 15) is 18.0 Å². The number of piperazine rings is 1. The van der Waals surface area contributed by atoms with Crippen LogP contribution in [0.15, 0.2) is 12.1 Å². The van der Waals surface area contributed by atoms with Crippen LogP contribution in [-0.4, -0.2) is 66.3 Å². The van der Waals surface area contributed by atoms with E-state index in [1.54, 1.807) is 19.1 Å². The van der Waals surface area contributed by atoms with E-state index in [1.165, 1.54) is 16.9 Å². The van der Waals surface area contributed by atoms with Crippen LogP contribution in [0.4, 0.5) is 23.7 Å². The monoisotopic (exact) mass is 346 g/mol. The lowest BCUT2D eigenvalue weighted by atomic mass is 10.2. The van der Waals surface area contributed by atoms with E-state index < -0.39 is 12.2 Å². The molecule has 0 aliphatic carbocycles. The molecular weight excluding hydrogens is 325 g/mol. The molecule has 1 fully saturated rings. The van der Waals surface area contributed by atoms with Gasteiger partial charge in [0.1, 0.15) is 6.04 Å². The van der Waals surface area contributed by atoms with Crippen LogP contribution in [0.2, 0.25) is 0 Å². The SMILES string of the molecule is COc1ccc(NC(=O)N2CCN([C@H](C)C(F)(F)F)CC2)c(C)n1. The summed E-state index contributed by atoms with van der Waals surface area (Å²) < 4.78 is 43.2. The standard InChI is InChI=1S/C15H21F3N4O2/c1-10-12(4-5-13(19-10)24-3)20-14(23)22-8-6-21(7-9-22)11(2)15(16,17)18/h4-5,11H,6-9H2,1-3H3,(H,20,23)/t11-/m1/s1. The summed E-state index contributed by atoms with van der Waals surface area (Å²) in [7, 11) is 1.50. The highest BCUT2D eigenvalue weighted by atomic mass is 19.4. The van der Waals surface area contributed by atoms with Crippen molar-refractivity contribution in [1.29, 1.82) is 0 Å². The van der Waals surface area contributed by atoms with Crippen molar-refractivity contribution in [3.8, 4) is 5.88 Å². The first kappa shape index (κ1) is 18.3. The van der Waals surface area contributed by atoms with Gasteiger partial charge in [0.2, 0.25) is 5.88 Å². The number of methoxy groups -OCH3 is 1. The summed E-state index contributed by atoms with van der Waals surface area (Å²) in [6.07, 6.45) is -4.25. The Morgan fingerprint density at radius 1 is 1.29 bits per heavy atom. The van der Waals surface area contributed by atoms with Gasteiger partial charge in [0, 0.05) is 32.2 Å². The number of halogens is 3. The third kappa shape index (κ3) is 4.28. The van der Waals surface area contributed by atoms with Gasteiger partial charge in [-0.3, -0.25) is 4.90 Å². The molecule has 1 aromatic heterocycles. The third-order valence-corrected chi connectivity index (χ3v) is 4.13. The number of alkyl halides is 3. The zero-order valence-electron chi connectivity index (χ0n) is 13.9.